The predicted molar refractivity (Wildman–Crippen MR) is 185 cm³/mol. The Morgan fingerprint density at radius 3 is 1.22 bits per heavy atom. The number of imide groups is 4. The number of rotatable bonds is 7. The summed E-state index contributed by atoms with van der Waals surface area (Å²) in [4.78, 5) is 80.3. The molecule has 4 aliphatic heterocycles. The first-order chi connectivity index (χ1) is 24.1. The summed E-state index contributed by atoms with van der Waals surface area (Å²) in [6.07, 6.45) is 14.0. The molecule has 2 aromatic rings. The van der Waals surface area contributed by atoms with Gasteiger partial charge in [0.2, 0.25) is 0 Å². The van der Waals surface area contributed by atoms with Gasteiger partial charge in [-0.25, -0.2) is 0 Å². The number of carbonyl (C=O) groups is 8. The molecule has 14 nitrogen and oxygen atoms in total. The van der Waals surface area contributed by atoms with Crippen molar-refractivity contribution < 1.29 is 48.2 Å². The van der Waals surface area contributed by atoms with E-state index in [1.165, 1.54) is 54.2 Å². The van der Waals surface area contributed by atoms with Gasteiger partial charge in [0.05, 0.1) is 0 Å². The van der Waals surface area contributed by atoms with Gasteiger partial charge in [-0.05, 0) is 41.3 Å². The van der Waals surface area contributed by atoms with Crippen molar-refractivity contribution in [2.24, 2.45) is 0 Å². The van der Waals surface area contributed by atoms with Gasteiger partial charge in [0.15, 0.2) is 0 Å². The van der Waals surface area contributed by atoms with Crippen LogP contribution in [0.3, 0.4) is 0 Å². The van der Waals surface area contributed by atoms with Crippen molar-refractivity contribution in [2.45, 2.75) is 25.7 Å². The van der Waals surface area contributed by atoms with E-state index in [1.807, 2.05) is 45.5 Å². The SMILES string of the molecule is C=CCOc1ccc(C(C)(C)c2ccc(O)cc2)cc1CC=C.O=C1C=CC(=O)N1.O=C1C=CC(=O)N1.O=C1C=CC(=O)N1.O=C1C=CC(=O)N1. The Hall–Kier alpha value is -6.96. The van der Waals surface area contributed by atoms with Gasteiger partial charge in [-0.2, -0.15) is 0 Å². The quantitative estimate of drug-likeness (QED) is 0.209. The van der Waals surface area contributed by atoms with E-state index in [2.05, 4.69) is 39.1 Å². The zero-order chi connectivity index (χ0) is 38.0. The largest absolute Gasteiger partial charge is 0.508 e. The van der Waals surface area contributed by atoms with Crippen LogP contribution in [0, 0.1) is 0 Å². The Morgan fingerprint density at radius 2 is 0.922 bits per heavy atom. The Balaban J connectivity index is 0.000000259. The molecule has 4 heterocycles. The number of hydrogen-bond donors (Lipinski definition) is 5. The number of phenolic OH excluding ortho intramolecular Hbond substituents is 1. The van der Waals surface area contributed by atoms with Crippen LogP contribution in [0.15, 0.2) is 116 Å². The summed E-state index contributed by atoms with van der Waals surface area (Å²) in [5, 5.41) is 17.6. The number of aromatic hydroxyl groups is 1. The van der Waals surface area contributed by atoms with Crippen molar-refractivity contribution in [2.75, 3.05) is 6.61 Å². The van der Waals surface area contributed by atoms with E-state index in [-0.39, 0.29) is 58.4 Å². The summed E-state index contributed by atoms with van der Waals surface area (Å²) >= 11 is 0. The first-order valence-electron chi connectivity index (χ1n) is 15.0. The highest BCUT2D eigenvalue weighted by Crippen LogP contribution is 2.35. The molecule has 0 aromatic heterocycles. The monoisotopic (exact) mass is 696 g/mol. The Labute approximate surface area is 293 Å². The third kappa shape index (κ3) is 14.4. The van der Waals surface area contributed by atoms with Crippen LogP contribution in [-0.4, -0.2) is 59.0 Å². The number of allylic oxidation sites excluding steroid dienone is 1. The molecule has 0 saturated carbocycles. The fraction of sp³-hybridized carbons (Fsp3) is 0.135. The zero-order valence-electron chi connectivity index (χ0n) is 27.8. The van der Waals surface area contributed by atoms with E-state index in [0.29, 0.717) is 6.61 Å². The fourth-order valence-corrected chi connectivity index (χ4v) is 4.04. The average molecular weight is 697 g/mol. The Morgan fingerprint density at radius 1 is 0.569 bits per heavy atom. The second kappa shape index (κ2) is 19.8. The summed E-state index contributed by atoms with van der Waals surface area (Å²) < 4.78 is 5.73. The van der Waals surface area contributed by atoms with Crippen LogP contribution in [0.5, 0.6) is 11.5 Å². The smallest absolute Gasteiger partial charge is 0.250 e. The minimum absolute atomic E-state index is 0.166. The molecule has 0 radical (unpaired) electrons. The van der Waals surface area contributed by atoms with Crippen molar-refractivity contribution in [3.63, 3.8) is 0 Å². The molecular formula is C37H36N4O10. The Kier molecular flexibility index (Phi) is 15.6. The van der Waals surface area contributed by atoms with Crippen molar-refractivity contribution in [3.05, 3.63) is 133 Å². The first-order valence-corrected chi connectivity index (χ1v) is 15.0. The summed E-state index contributed by atoms with van der Waals surface area (Å²) in [5.41, 5.74) is 3.30. The maximum atomic E-state index is 10.0. The van der Waals surface area contributed by atoms with E-state index in [1.54, 1.807) is 18.2 Å². The summed E-state index contributed by atoms with van der Waals surface area (Å²) in [5.74, 6) is -1.48. The van der Waals surface area contributed by atoms with Crippen LogP contribution in [-0.2, 0) is 50.2 Å². The van der Waals surface area contributed by atoms with Gasteiger partial charge in [0, 0.05) is 54.0 Å². The first kappa shape index (κ1) is 40.2. The standard InChI is InChI=1S/C21H24O2.4C4H3NO2/c1-5-7-16-15-18(10-13-20(16)23-14-6-2)21(3,4)17-8-11-19(22)12-9-17;4*6-3-1-2-4(7)5-3/h5-6,8-13,15,22H,1-2,7,14H2,3-4H3;4*1-2H,(H,5,6,7). The predicted octanol–water partition coefficient (Wildman–Crippen LogP) is 1.81. The highest BCUT2D eigenvalue weighted by Gasteiger charge is 2.24. The second-order valence-corrected chi connectivity index (χ2v) is 10.8. The van der Waals surface area contributed by atoms with Crippen LogP contribution in [0.4, 0.5) is 0 Å². The van der Waals surface area contributed by atoms with Crippen molar-refractivity contribution in [1.29, 1.82) is 0 Å². The topological polar surface area (TPSA) is 214 Å². The maximum absolute atomic E-state index is 10.0. The lowest BCUT2D eigenvalue weighted by Gasteiger charge is -2.27. The molecule has 4 aliphatic rings. The lowest BCUT2D eigenvalue weighted by Crippen LogP contribution is -2.19. The molecule has 2 aromatic carbocycles. The van der Waals surface area contributed by atoms with Crippen molar-refractivity contribution >= 4 is 47.3 Å². The molecule has 6 rings (SSSR count). The van der Waals surface area contributed by atoms with Crippen LogP contribution in [0.1, 0.15) is 30.5 Å². The van der Waals surface area contributed by atoms with E-state index < -0.39 is 0 Å². The highest BCUT2D eigenvalue weighted by molar-refractivity contribution is 6.14. The van der Waals surface area contributed by atoms with Gasteiger partial charge in [-0.15, -0.1) is 6.58 Å². The van der Waals surface area contributed by atoms with Crippen LogP contribution < -0.4 is 26.0 Å². The molecule has 8 amide bonds. The fourth-order valence-electron chi connectivity index (χ4n) is 4.04. The van der Waals surface area contributed by atoms with E-state index in [0.717, 1.165) is 23.3 Å². The number of hydrogen-bond acceptors (Lipinski definition) is 10. The lowest BCUT2D eigenvalue weighted by molar-refractivity contribution is -0.125. The molecule has 0 aliphatic carbocycles. The molecule has 0 atom stereocenters. The van der Waals surface area contributed by atoms with Crippen molar-refractivity contribution in [3.8, 4) is 11.5 Å². The van der Waals surface area contributed by atoms with Gasteiger partial charge < -0.3 is 9.84 Å². The minimum Gasteiger partial charge on any atom is -0.508 e. The van der Waals surface area contributed by atoms with E-state index in [4.69, 9.17) is 4.74 Å². The molecule has 0 spiro atoms. The molecule has 0 bridgehead atoms. The van der Waals surface area contributed by atoms with Gasteiger partial charge in [0.25, 0.3) is 47.3 Å². The average Bonchev–Trinajstić information content (AvgIpc) is 3.87. The van der Waals surface area contributed by atoms with E-state index in [9.17, 15) is 43.5 Å². The number of benzene rings is 2. The van der Waals surface area contributed by atoms with Gasteiger partial charge in [0.1, 0.15) is 18.1 Å². The van der Waals surface area contributed by atoms with Crippen LogP contribution in [0.25, 0.3) is 0 Å². The molecule has 51 heavy (non-hydrogen) atoms. The van der Waals surface area contributed by atoms with E-state index >= 15 is 0 Å². The molecule has 0 fully saturated rings. The highest BCUT2D eigenvalue weighted by atomic mass is 16.5. The van der Waals surface area contributed by atoms with Crippen molar-refractivity contribution in [1.82, 2.24) is 21.3 Å². The Bertz CT molecular complexity index is 1630. The maximum Gasteiger partial charge on any atom is 0.250 e. The number of phenols is 1. The molecule has 14 heteroatoms. The van der Waals surface area contributed by atoms with Gasteiger partial charge in [-0.1, -0.05) is 56.8 Å². The third-order valence-corrected chi connectivity index (χ3v) is 6.62. The molecule has 0 saturated heterocycles. The lowest BCUT2D eigenvalue weighted by atomic mass is 9.77. The molecule has 264 valence electrons. The number of amides is 8. The molecule has 5 N–H and O–H groups in total. The zero-order valence-corrected chi connectivity index (χ0v) is 27.8. The second-order valence-electron chi connectivity index (χ2n) is 10.8. The third-order valence-electron chi connectivity index (χ3n) is 6.62. The number of ether oxygens (including phenoxy) is 1. The summed E-state index contributed by atoms with van der Waals surface area (Å²) in [6.45, 7) is 12.4. The minimum atomic E-state index is -0.329. The molecular weight excluding hydrogens is 660 g/mol. The summed E-state index contributed by atoms with van der Waals surface area (Å²) in [6, 6.07) is 13.7. The number of carbonyl (C=O) groups excluding carboxylic acids is 8. The summed E-state index contributed by atoms with van der Waals surface area (Å²) in [7, 11) is 0. The van der Waals surface area contributed by atoms with Gasteiger partial charge >= 0.3 is 0 Å². The molecule has 0 unspecified atom stereocenters. The number of nitrogens with one attached hydrogen (secondary N) is 4. The van der Waals surface area contributed by atoms with Crippen LogP contribution in [0.2, 0.25) is 0 Å². The van der Waals surface area contributed by atoms with Gasteiger partial charge in [-0.3, -0.25) is 59.6 Å². The normalized spacial score (nSPS) is 14.7. The van der Waals surface area contributed by atoms with Crippen LogP contribution >= 0.6 is 0 Å².